The molecule has 0 amide bonds. The highest BCUT2D eigenvalue weighted by Crippen LogP contribution is 2.25. The van der Waals surface area contributed by atoms with E-state index in [0.717, 1.165) is 28.3 Å². The first-order valence-corrected chi connectivity index (χ1v) is 7.87. The molecule has 1 aromatic carbocycles. The van der Waals surface area contributed by atoms with E-state index >= 15 is 0 Å². The number of hydrogen-bond acceptors (Lipinski definition) is 3. The molecule has 6 heteroatoms. The van der Waals surface area contributed by atoms with Crippen molar-refractivity contribution in [3.05, 3.63) is 64.5 Å². The van der Waals surface area contributed by atoms with Gasteiger partial charge in [0.15, 0.2) is 11.6 Å². The fourth-order valence-electron chi connectivity index (χ4n) is 3.00. The van der Waals surface area contributed by atoms with Gasteiger partial charge in [0, 0.05) is 22.8 Å². The zero-order valence-corrected chi connectivity index (χ0v) is 14.3. The lowest BCUT2D eigenvalue weighted by molar-refractivity contribution is -0.139. The number of fused-ring (bicyclic) bond motifs is 1. The Morgan fingerprint density at radius 1 is 1.24 bits per heavy atom. The first-order valence-electron chi connectivity index (χ1n) is 7.87. The Hall–Kier alpha value is -2.76. The maximum absolute atomic E-state index is 13.9. The van der Waals surface area contributed by atoms with E-state index in [1.54, 1.807) is 16.8 Å². The maximum Gasteiger partial charge on any atom is 0.310 e. The molecule has 0 radical (unpaired) electrons. The van der Waals surface area contributed by atoms with Crippen molar-refractivity contribution >= 4 is 17.0 Å². The van der Waals surface area contributed by atoms with E-state index in [0.29, 0.717) is 5.65 Å². The average Bonchev–Trinajstić information content (AvgIpc) is 2.98. The number of rotatable bonds is 4. The topological polar surface area (TPSA) is 44.1 Å². The molecule has 3 rings (SSSR count). The van der Waals surface area contributed by atoms with Crippen LogP contribution < -0.4 is 0 Å². The summed E-state index contributed by atoms with van der Waals surface area (Å²) in [6.07, 6.45) is 1.94. The van der Waals surface area contributed by atoms with Crippen molar-refractivity contribution in [2.24, 2.45) is 0 Å². The number of hydrogen-bond donors (Lipinski definition) is 0. The van der Waals surface area contributed by atoms with Crippen molar-refractivity contribution in [2.45, 2.75) is 26.8 Å². The molecule has 0 saturated heterocycles. The van der Waals surface area contributed by atoms with E-state index < -0.39 is 11.6 Å². The highest BCUT2D eigenvalue weighted by molar-refractivity contribution is 5.84. The number of esters is 1. The highest BCUT2D eigenvalue weighted by Gasteiger charge is 2.16. The van der Waals surface area contributed by atoms with Gasteiger partial charge in [-0.3, -0.25) is 4.79 Å². The Labute approximate surface area is 144 Å². The lowest BCUT2D eigenvalue weighted by Gasteiger charge is -2.12. The molecule has 0 aliphatic rings. The van der Waals surface area contributed by atoms with E-state index in [2.05, 4.69) is 4.98 Å². The molecule has 2 aromatic heterocycles. The van der Waals surface area contributed by atoms with E-state index in [4.69, 9.17) is 4.74 Å². The molecular weight excluding hydrogens is 326 g/mol. The monoisotopic (exact) mass is 344 g/mol. The standard InChI is InChI=1S/C19H18F2N2O2/c1-11-14-7-8-23(10-13-5-4-6-16(20)18(13)21)19(14)22-12(2)15(11)9-17(24)25-3/h4-8H,9-10H2,1-3H3. The Bertz CT molecular complexity index is 964. The number of benzene rings is 1. The van der Waals surface area contributed by atoms with Crippen LogP contribution in [-0.4, -0.2) is 22.6 Å². The van der Waals surface area contributed by atoms with Gasteiger partial charge >= 0.3 is 5.97 Å². The van der Waals surface area contributed by atoms with Gasteiger partial charge in [-0.1, -0.05) is 12.1 Å². The number of aryl methyl sites for hydroxylation is 2. The van der Waals surface area contributed by atoms with Crippen LogP contribution in [0.5, 0.6) is 0 Å². The normalized spacial score (nSPS) is 11.1. The van der Waals surface area contributed by atoms with Crippen LogP contribution >= 0.6 is 0 Å². The second-order valence-corrected chi connectivity index (χ2v) is 5.95. The van der Waals surface area contributed by atoms with Gasteiger partial charge in [0.2, 0.25) is 0 Å². The fourth-order valence-corrected chi connectivity index (χ4v) is 3.00. The largest absolute Gasteiger partial charge is 0.469 e. The number of nitrogens with zero attached hydrogens (tertiary/aromatic N) is 2. The van der Waals surface area contributed by atoms with Crippen LogP contribution in [0.4, 0.5) is 8.78 Å². The summed E-state index contributed by atoms with van der Waals surface area (Å²) in [6.45, 7) is 3.92. The quantitative estimate of drug-likeness (QED) is 0.678. The van der Waals surface area contributed by atoms with Gasteiger partial charge in [0.25, 0.3) is 0 Å². The van der Waals surface area contributed by atoms with E-state index in [1.807, 2.05) is 19.9 Å². The second kappa shape index (κ2) is 6.63. The third kappa shape index (κ3) is 3.12. The maximum atomic E-state index is 13.9. The van der Waals surface area contributed by atoms with E-state index in [9.17, 15) is 13.6 Å². The minimum atomic E-state index is -0.866. The molecule has 0 N–H and O–H groups in total. The second-order valence-electron chi connectivity index (χ2n) is 5.95. The first-order chi connectivity index (χ1) is 11.9. The molecule has 130 valence electrons. The molecule has 4 nitrogen and oxygen atoms in total. The number of carbonyl (C=O) groups is 1. The molecule has 0 atom stereocenters. The Kier molecular flexibility index (Phi) is 4.53. The summed E-state index contributed by atoms with van der Waals surface area (Å²) in [5, 5.41) is 0.876. The fraction of sp³-hybridized carbons (Fsp3) is 0.263. The summed E-state index contributed by atoms with van der Waals surface area (Å²) >= 11 is 0. The summed E-state index contributed by atoms with van der Waals surface area (Å²) < 4.78 is 33.9. The lowest BCUT2D eigenvalue weighted by Crippen LogP contribution is -2.10. The Morgan fingerprint density at radius 2 is 2.00 bits per heavy atom. The van der Waals surface area contributed by atoms with Crippen molar-refractivity contribution in [3.63, 3.8) is 0 Å². The third-order valence-electron chi connectivity index (χ3n) is 4.42. The summed E-state index contributed by atoms with van der Waals surface area (Å²) in [5.74, 6) is -2.04. The number of carbonyl (C=O) groups excluding carboxylic acids is 1. The Morgan fingerprint density at radius 3 is 2.72 bits per heavy atom. The van der Waals surface area contributed by atoms with Gasteiger partial charge in [0.05, 0.1) is 20.1 Å². The van der Waals surface area contributed by atoms with Gasteiger partial charge in [-0.05, 0) is 37.1 Å². The number of halogens is 2. The van der Waals surface area contributed by atoms with Crippen molar-refractivity contribution in [2.75, 3.05) is 7.11 Å². The van der Waals surface area contributed by atoms with Crippen LogP contribution in [0.1, 0.15) is 22.4 Å². The smallest absolute Gasteiger partial charge is 0.310 e. The number of aromatic nitrogens is 2. The van der Waals surface area contributed by atoms with Crippen LogP contribution in [0.25, 0.3) is 11.0 Å². The van der Waals surface area contributed by atoms with Crippen LogP contribution in [-0.2, 0) is 22.5 Å². The first kappa shape index (κ1) is 17.1. The summed E-state index contributed by atoms with van der Waals surface area (Å²) in [6, 6.07) is 6.00. The summed E-state index contributed by atoms with van der Waals surface area (Å²) in [7, 11) is 1.35. The predicted molar refractivity (Wildman–Crippen MR) is 90.4 cm³/mol. The number of pyridine rings is 1. The van der Waals surface area contributed by atoms with Crippen LogP contribution in [0, 0.1) is 25.5 Å². The van der Waals surface area contributed by atoms with Gasteiger partial charge in [-0.2, -0.15) is 0 Å². The molecule has 0 aliphatic carbocycles. The van der Waals surface area contributed by atoms with Gasteiger partial charge in [-0.15, -0.1) is 0 Å². The van der Waals surface area contributed by atoms with Crippen LogP contribution in [0.15, 0.2) is 30.5 Å². The molecule has 0 bridgehead atoms. The number of methoxy groups -OCH3 is 1. The van der Waals surface area contributed by atoms with Crippen LogP contribution in [0.2, 0.25) is 0 Å². The van der Waals surface area contributed by atoms with Crippen LogP contribution in [0.3, 0.4) is 0 Å². The predicted octanol–water partition coefficient (Wildman–Crippen LogP) is 3.70. The highest BCUT2D eigenvalue weighted by atomic mass is 19.2. The molecule has 0 saturated carbocycles. The van der Waals surface area contributed by atoms with Crippen molar-refractivity contribution in [1.82, 2.24) is 9.55 Å². The molecule has 0 unspecified atom stereocenters. The lowest BCUT2D eigenvalue weighted by atomic mass is 10.0. The molecule has 0 aliphatic heterocycles. The SMILES string of the molecule is COC(=O)Cc1c(C)nc2c(ccn2Cc2cccc(F)c2F)c1C. The van der Waals surface area contributed by atoms with E-state index in [-0.39, 0.29) is 24.5 Å². The van der Waals surface area contributed by atoms with E-state index in [1.165, 1.54) is 13.2 Å². The van der Waals surface area contributed by atoms with Crippen molar-refractivity contribution in [3.8, 4) is 0 Å². The van der Waals surface area contributed by atoms with Crippen molar-refractivity contribution < 1.29 is 18.3 Å². The van der Waals surface area contributed by atoms with Gasteiger partial charge in [-0.25, -0.2) is 13.8 Å². The molecule has 25 heavy (non-hydrogen) atoms. The summed E-state index contributed by atoms with van der Waals surface area (Å²) in [4.78, 5) is 16.2. The van der Waals surface area contributed by atoms with Gasteiger partial charge in [0.1, 0.15) is 5.65 Å². The minimum Gasteiger partial charge on any atom is -0.469 e. The van der Waals surface area contributed by atoms with Crippen molar-refractivity contribution in [1.29, 1.82) is 0 Å². The Balaban J connectivity index is 2.05. The molecule has 0 spiro atoms. The minimum absolute atomic E-state index is 0.154. The average molecular weight is 344 g/mol. The zero-order chi connectivity index (χ0) is 18.1. The molecule has 2 heterocycles. The molecule has 0 fully saturated rings. The summed E-state index contributed by atoms with van der Waals surface area (Å²) in [5.41, 5.74) is 3.41. The molecule has 3 aromatic rings. The van der Waals surface area contributed by atoms with Gasteiger partial charge < -0.3 is 9.30 Å². The zero-order valence-electron chi connectivity index (χ0n) is 14.3. The third-order valence-corrected chi connectivity index (χ3v) is 4.42. The number of ether oxygens (including phenoxy) is 1. The molecular formula is C19H18F2N2O2.